The van der Waals surface area contributed by atoms with Crippen LogP contribution in [0.3, 0.4) is 0 Å². The third kappa shape index (κ3) is 2.29. The van der Waals surface area contributed by atoms with Crippen LogP contribution in [-0.2, 0) is 12.0 Å². The highest BCUT2D eigenvalue weighted by Crippen LogP contribution is 2.30. The van der Waals surface area contributed by atoms with Gasteiger partial charge >= 0.3 is 0 Å². The van der Waals surface area contributed by atoms with Gasteiger partial charge in [0, 0.05) is 18.0 Å². The molecule has 1 N–H and O–H groups in total. The fraction of sp³-hybridized carbons (Fsp3) is 0.312. The SMILES string of the molecule is CCc1ccc(C(C)(O)c2cnccc2C)cc1. The van der Waals surface area contributed by atoms with Gasteiger partial charge < -0.3 is 5.11 Å². The van der Waals surface area contributed by atoms with E-state index in [1.165, 1.54) is 5.56 Å². The van der Waals surface area contributed by atoms with Crippen molar-refractivity contribution in [3.05, 3.63) is 65.0 Å². The van der Waals surface area contributed by atoms with E-state index < -0.39 is 5.60 Å². The van der Waals surface area contributed by atoms with Crippen LogP contribution in [0.15, 0.2) is 42.7 Å². The van der Waals surface area contributed by atoms with Crippen LogP contribution in [0.4, 0.5) is 0 Å². The lowest BCUT2D eigenvalue weighted by atomic mass is 9.86. The molecule has 0 radical (unpaired) electrons. The summed E-state index contributed by atoms with van der Waals surface area (Å²) in [5, 5.41) is 10.8. The molecule has 2 aromatic rings. The van der Waals surface area contributed by atoms with Crippen LogP contribution in [0, 0.1) is 6.92 Å². The van der Waals surface area contributed by atoms with Gasteiger partial charge in [-0.1, -0.05) is 31.2 Å². The van der Waals surface area contributed by atoms with Crippen LogP contribution in [-0.4, -0.2) is 10.1 Å². The van der Waals surface area contributed by atoms with Gasteiger partial charge in [-0.05, 0) is 43.0 Å². The summed E-state index contributed by atoms with van der Waals surface area (Å²) in [5.41, 5.74) is 3.09. The van der Waals surface area contributed by atoms with Gasteiger partial charge in [0.2, 0.25) is 0 Å². The molecule has 0 saturated carbocycles. The highest BCUT2D eigenvalue weighted by atomic mass is 16.3. The third-order valence-electron chi connectivity index (χ3n) is 3.49. The average Bonchev–Trinajstić information content (AvgIpc) is 2.39. The minimum atomic E-state index is -0.995. The minimum Gasteiger partial charge on any atom is -0.381 e. The number of hydrogen-bond acceptors (Lipinski definition) is 2. The summed E-state index contributed by atoms with van der Waals surface area (Å²) in [5.74, 6) is 0. The number of aliphatic hydroxyl groups is 1. The maximum Gasteiger partial charge on any atom is 0.114 e. The minimum absolute atomic E-state index is 0.856. The zero-order valence-corrected chi connectivity index (χ0v) is 11.1. The highest BCUT2D eigenvalue weighted by molar-refractivity contribution is 5.38. The second kappa shape index (κ2) is 4.91. The first kappa shape index (κ1) is 12.8. The van der Waals surface area contributed by atoms with Gasteiger partial charge in [0.25, 0.3) is 0 Å². The van der Waals surface area contributed by atoms with Gasteiger partial charge in [0.1, 0.15) is 5.60 Å². The number of aryl methyl sites for hydroxylation is 2. The molecule has 0 fully saturated rings. The zero-order chi connectivity index (χ0) is 13.2. The number of pyridine rings is 1. The fourth-order valence-electron chi connectivity index (χ4n) is 2.19. The van der Waals surface area contributed by atoms with Crippen molar-refractivity contribution < 1.29 is 5.11 Å². The van der Waals surface area contributed by atoms with Gasteiger partial charge in [-0.25, -0.2) is 0 Å². The predicted octanol–water partition coefficient (Wildman–Crippen LogP) is 3.21. The largest absolute Gasteiger partial charge is 0.381 e. The quantitative estimate of drug-likeness (QED) is 0.895. The molecular weight excluding hydrogens is 222 g/mol. The molecule has 0 spiro atoms. The standard InChI is InChI=1S/C16H19NO/c1-4-13-5-7-14(8-6-13)16(3,18)15-11-17-10-9-12(15)2/h5-11,18H,4H2,1-3H3. The summed E-state index contributed by atoms with van der Waals surface area (Å²) in [6.07, 6.45) is 4.49. The molecule has 18 heavy (non-hydrogen) atoms. The Morgan fingerprint density at radius 3 is 2.39 bits per heavy atom. The van der Waals surface area contributed by atoms with Gasteiger partial charge in [0.15, 0.2) is 0 Å². The Labute approximate surface area is 108 Å². The van der Waals surface area contributed by atoms with Crippen molar-refractivity contribution in [2.45, 2.75) is 32.8 Å². The van der Waals surface area contributed by atoms with Crippen molar-refractivity contribution in [2.75, 3.05) is 0 Å². The second-order valence-electron chi connectivity index (χ2n) is 4.81. The highest BCUT2D eigenvalue weighted by Gasteiger charge is 2.27. The Kier molecular flexibility index (Phi) is 3.48. The second-order valence-corrected chi connectivity index (χ2v) is 4.81. The zero-order valence-electron chi connectivity index (χ0n) is 11.1. The molecule has 0 saturated heterocycles. The normalized spacial score (nSPS) is 14.2. The summed E-state index contributed by atoms with van der Waals surface area (Å²) in [6, 6.07) is 10.0. The van der Waals surface area contributed by atoms with Gasteiger partial charge in [-0.15, -0.1) is 0 Å². The Morgan fingerprint density at radius 1 is 1.17 bits per heavy atom. The summed E-state index contributed by atoms with van der Waals surface area (Å²) in [7, 11) is 0. The van der Waals surface area contributed by atoms with Crippen LogP contribution in [0.5, 0.6) is 0 Å². The molecule has 1 unspecified atom stereocenters. The maximum absolute atomic E-state index is 10.8. The van der Waals surface area contributed by atoms with E-state index >= 15 is 0 Å². The predicted molar refractivity (Wildman–Crippen MR) is 73.5 cm³/mol. The van der Waals surface area contributed by atoms with Crippen LogP contribution in [0.2, 0.25) is 0 Å². The number of benzene rings is 1. The van der Waals surface area contributed by atoms with Crippen LogP contribution in [0.25, 0.3) is 0 Å². The summed E-state index contributed by atoms with van der Waals surface area (Å²) in [4.78, 5) is 4.11. The van der Waals surface area contributed by atoms with E-state index in [2.05, 4.69) is 24.0 Å². The van der Waals surface area contributed by atoms with E-state index in [0.29, 0.717) is 0 Å². The molecule has 2 rings (SSSR count). The van der Waals surface area contributed by atoms with E-state index in [0.717, 1.165) is 23.1 Å². The topological polar surface area (TPSA) is 33.1 Å². The number of rotatable bonds is 3. The van der Waals surface area contributed by atoms with Crippen molar-refractivity contribution in [1.29, 1.82) is 0 Å². The van der Waals surface area contributed by atoms with Gasteiger partial charge in [-0.3, -0.25) is 4.98 Å². The lowest BCUT2D eigenvalue weighted by Gasteiger charge is -2.26. The Morgan fingerprint density at radius 2 is 1.83 bits per heavy atom. The molecule has 1 atom stereocenters. The molecule has 0 bridgehead atoms. The molecule has 0 aliphatic heterocycles. The molecule has 2 heteroatoms. The molecule has 94 valence electrons. The molecule has 2 nitrogen and oxygen atoms in total. The Hall–Kier alpha value is -1.67. The third-order valence-corrected chi connectivity index (χ3v) is 3.49. The molecule has 0 amide bonds. The van der Waals surface area contributed by atoms with Crippen molar-refractivity contribution in [3.63, 3.8) is 0 Å². The number of nitrogens with zero attached hydrogens (tertiary/aromatic N) is 1. The Bertz CT molecular complexity index is 529. The van der Waals surface area contributed by atoms with E-state index in [-0.39, 0.29) is 0 Å². The number of hydrogen-bond donors (Lipinski definition) is 1. The molecule has 1 aromatic heterocycles. The summed E-state index contributed by atoms with van der Waals surface area (Å²) < 4.78 is 0. The van der Waals surface area contributed by atoms with E-state index in [4.69, 9.17) is 0 Å². The van der Waals surface area contributed by atoms with Crippen LogP contribution < -0.4 is 0 Å². The van der Waals surface area contributed by atoms with Crippen molar-refractivity contribution in [3.8, 4) is 0 Å². The first-order valence-electron chi connectivity index (χ1n) is 6.28. The summed E-state index contributed by atoms with van der Waals surface area (Å²) in [6.45, 7) is 5.93. The van der Waals surface area contributed by atoms with E-state index in [1.54, 1.807) is 12.4 Å². The van der Waals surface area contributed by atoms with Crippen molar-refractivity contribution >= 4 is 0 Å². The van der Waals surface area contributed by atoms with Crippen LogP contribution in [0.1, 0.15) is 36.1 Å². The lowest BCUT2D eigenvalue weighted by molar-refractivity contribution is 0.101. The number of aromatic nitrogens is 1. The molecule has 0 aliphatic carbocycles. The average molecular weight is 241 g/mol. The van der Waals surface area contributed by atoms with E-state index in [1.807, 2.05) is 32.0 Å². The van der Waals surface area contributed by atoms with E-state index in [9.17, 15) is 5.11 Å². The fourth-order valence-corrected chi connectivity index (χ4v) is 2.19. The molecule has 0 aliphatic rings. The first-order valence-corrected chi connectivity index (χ1v) is 6.28. The first-order chi connectivity index (χ1) is 8.55. The molecule has 1 aromatic carbocycles. The maximum atomic E-state index is 10.8. The molecular formula is C16H19NO. The lowest BCUT2D eigenvalue weighted by Crippen LogP contribution is -2.24. The monoisotopic (exact) mass is 241 g/mol. The van der Waals surface area contributed by atoms with Crippen LogP contribution >= 0.6 is 0 Å². The van der Waals surface area contributed by atoms with Gasteiger partial charge in [-0.2, -0.15) is 0 Å². The summed E-state index contributed by atoms with van der Waals surface area (Å²) >= 11 is 0. The van der Waals surface area contributed by atoms with Gasteiger partial charge in [0.05, 0.1) is 0 Å². The Balaban J connectivity index is 2.44. The molecule has 1 heterocycles. The smallest absolute Gasteiger partial charge is 0.114 e. The van der Waals surface area contributed by atoms with Crippen molar-refractivity contribution in [2.24, 2.45) is 0 Å². The van der Waals surface area contributed by atoms with Crippen molar-refractivity contribution in [1.82, 2.24) is 4.98 Å².